The zero-order valence-electron chi connectivity index (χ0n) is 17.8. The van der Waals surface area contributed by atoms with Crippen molar-refractivity contribution in [2.45, 2.75) is 43.8 Å². The number of anilines is 1. The van der Waals surface area contributed by atoms with Crippen molar-refractivity contribution in [1.29, 1.82) is 5.26 Å². The lowest BCUT2D eigenvalue weighted by Gasteiger charge is -2.43. The number of benzene rings is 1. The second kappa shape index (κ2) is 8.67. The maximum Gasteiger partial charge on any atom is 0.113 e. The number of rotatable bonds is 6. The van der Waals surface area contributed by atoms with E-state index in [1.165, 1.54) is 0 Å². The third kappa shape index (κ3) is 4.86. The Morgan fingerprint density at radius 2 is 1.93 bits per heavy atom. The molecule has 0 bridgehead atoms. The molecule has 3 heterocycles. The van der Waals surface area contributed by atoms with Crippen molar-refractivity contribution in [2.75, 3.05) is 43.4 Å². The highest BCUT2D eigenvalue weighted by Gasteiger charge is 2.33. The summed E-state index contributed by atoms with van der Waals surface area (Å²) in [7, 11) is 0. The molecule has 2 aliphatic rings. The van der Waals surface area contributed by atoms with Crippen molar-refractivity contribution in [1.82, 2.24) is 14.9 Å². The Balaban J connectivity index is 1.39. The van der Waals surface area contributed by atoms with E-state index in [-0.39, 0.29) is 12.2 Å². The van der Waals surface area contributed by atoms with Crippen molar-refractivity contribution in [3.63, 3.8) is 0 Å². The number of aromatic nitrogens is 2. The van der Waals surface area contributed by atoms with E-state index in [0.717, 1.165) is 49.7 Å². The summed E-state index contributed by atoms with van der Waals surface area (Å²) in [5.74, 6) is 0.946. The van der Waals surface area contributed by atoms with E-state index in [2.05, 4.69) is 32.8 Å². The van der Waals surface area contributed by atoms with E-state index in [1.54, 1.807) is 12.4 Å². The molecule has 8 heteroatoms. The molecule has 0 radical (unpaired) electrons. The van der Waals surface area contributed by atoms with Gasteiger partial charge in [-0.15, -0.1) is 0 Å². The number of ether oxygens (including phenoxy) is 1. The number of hydrogen-bond donors (Lipinski definition) is 1. The highest BCUT2D eigenvalue weighted by Crippen LogP contribution is 2.31. The number of nitrogens with zero attached hydrogens (tertiary/aromatic N) is 5. The van der Waals surface area contributed by atoms with Crippen molar-refractivity contribution in [3.8, 4) is 6.07 Å². The summed E-state index contributed by atoms with van der Waals surface area (Å²) in [6, 6.07) is 6.03. The van der Waals surface area contributed by atoms with Crippen molar-refractivity contribution in [2.24, 2.45) is 0 Å². The third-order valence-electron chi connectivity index (χ3n) is 5.44. The molecule has 2 saturated heterocycles. The summed E-state index contributed by atoms with van der Waals surface area (Å²) >= 11 is 1.96. The minimum absolute atomic E-state index is 0.125. The van der Waals surface area contributed by atoms with E-state index in [1.807, 2.05) is 37.7 Å². The Hall–Kier alpha value is -1.92. The van der Waals surface area contributed by atoms with E-state index in [0.29, 0.717) is 16.3 Å². The number of morpholine rings is 1. The van der Waals surface area contributed by atoms with Crippen LogP contribution < -0.4 is 4.90 Å². The normalized spacial score (nSPS) is 23.4. The molecule has 0 aliphatic carbocycles. The van der Waals surface area contributed by atoms with Gasteiger partial charge in [0.05, 0.1) is 29.1 Å². The molecule has 2 aromatic rings. The molecule has 0 unspecified atom stereocenters. The maximum atomic E-state index is 9.95. The molecule has 1 aromatic heterocycles. The molecule has 30 heavy (non-hydrogen) atoms. The van der Waals surface area contributed by atoms with Gasteiger partial charge < -0.3 is 14.7 Å². The summed E-state index contributed by atoms with van der Waals surface area (Å²) in [5.41, 5.74) is 2.37. The molecular weight excluding hydrogens is 398 g/mol. The van der Waals surface area contributed by atoms with E-state index in [4.69, 9.17) is 4.74 Å². The topological polar surface area (TPSA) is 85.5 Å². The highest BCUT2D eigenvalue weighted by atomic mass is 32.2. The lowest BCUT2D eigenvalue weighted by molar-refractivity contribution is -0.00315. The zero-order valence-corrected chi connectivity index (χ0v) is 18.6. The van der Waals surface area contributed by atoms with Gasteiger partial charge in [-0.1, -0.05) is 0 Å². The summed E-state index contributed by atoms with van der Waals surface area (Å²) in [6.07, 6.45) is 3.58. The van der Waals surface area contributed by atoms with Crippen LogP contribution in [0.2, 0.25) is 0 Å². The summed E-state index contributed by atoms with van der Waals surface area (Å²) in [4.78, 5) is 13.5. The van der Waals surface area contributed by atoms with E-state index in [9.17, 15) is 10.4 Å². The number of likely N-dealkylation sites (tertiary alicyclic amines) is 1. The average Bonchev–Trinajstić information content (AvgIpc) is 2.67. The number of hydrogen-bond acceptors (Lipinski definition) is 8. The Labute approximate surface area is 182 Å². The van der Waals surface area contributed by atoms with Crippen LogP contribution in [0.5, 0.6) is 0 Å². The molecule has 0 amide bonds. The largest absolute Gasteiger partial charge is 0.389 e. The van der Waals surface area contributed by atoms with Gasteiger partial charge in [0, 0.05) is 56.1 Å². The fourth-order valence-corrected chi connectivity index (χ4v) is 5.57. The molecule has 1 aromatic carbocycles. The van der Waals surface area contributed by atoms with Crippen LogP contribution in [-0.4, -0.2) is 81.5 Å². The molecule has 2 fully saturated rings. The summed E-state index contributed by atoms with van der Waals surface area (Å²) in [6.45, 7) is 10.2. The van der Waals surface area contributed by atoms with Crippen LogP contribution in [0.1, 0.15) is 26.3 Å². The van der Waals surface area contributed by atoms with Crippen LogP contribution >= 0.6 is 11.8 Å². The van der Waals surface area contributed by atoms with E-state index < -0.39 is 5.60 Å². The van der Waals surface area contributed by atoms with Gasteiger partial charge in [-0.05, 0) is 32.9 Å². The van der Waals surface area contributed by atoms with Gasteiger partial charge >= 0.3 is 0 Å². The van der Waals surface area contributed by atoms with E-state index >= 15 is 0 Å². The van der Waals surface area contributed by atoms with Gasteiger partial charge in [-0.2, -0.15) is 17.0 Å². The predicted molar refractivity (Wildman–Crippen MR) is 120 cm³/mol. The minimum atomic E-state index is -0.634. The smallest absolute Gasteiger partial charge is 0.113 e. The molecule has 0 saturated carbocycles. The van der Waals surface area contributed by atoms with Crippen molar-refractivity contribution in [3.05, 3.63) is 30.1 Å². The van der Waals surface area contributed by atoms with Crippen molar-refractivity contribution >= 4 is 28.5 Å². The molecule has 2 aliphatic heterocycles. The number of β-amino-alcohol motifs (C(OH)–C–C–N with tert-alkyl or cyclic N) is 1. The fraction of sp³-hybridized carbons (Fsp3) is 0.591. The van der Waals surface area contributed by atoms with Crippen LogP contribution in [0.3, 0.4) is 0 Å². The van der Waals surface area contributed by atoms with Crippen LogP contribution in [0.15, 0.2) is 24.5 Å². The zero-order chi connectivity index (χ0) is 21.3. The van der Waals surface area contributed by atoms with Crippen LogP contribution in [0.4, 0.5) is 5.69 Å². The first-order valence-corrected chi connectivity index (χ1v) is 11.5. The van der Waals surface area contributed by atoms with Gasteiger partial charge in [-0.3, -0.25) is 14.9 Å². The maximum absolute atomic E-state index is 9.95. The molecule has 7 nitrogen and oxygen atoms in total. The van der Waals surface area contributed by atoms with Crippen LogP contribution in [0, 0.1) is 11.3 Å². The second-order valence-electron chi connectivity index (χ2n) is 8.93. The molecule has 1 N–H and O–H groups in total. The monoisotopic (exact) mass is 427 g/mol. The summed E-state index contributed by atoms with van der Waals surface area (Å²) < 4.78 is 6.22. The number of fused-ring (bicyclic) bond motifs is 1. The Morgan fingerprint density at radius 1 is 1.20 bits per heavy atom. The van der Waals surface area contributed by atoms with Gasteiger partial charge in [0.15, 0.2) is 0 Å². The first kappa shape index (κ1) is 21.3. The number of thioether (sulfide) groups is 1. The van der Waals surface area contributed by atoms with Gasteiger partial charge in [-0.25, -0.2) is 0 Å². The van der Waals surface area contributed by atoms with Gasteiger partial charge in [0.1, 0.15) is 17.1 Å². The predicted octanol–water partition coefficient (Wildman–Crippen LogP) is 2.28. The SMILES string of the molecule is C[C@@H]1CN(c2ccc(C#N)c3nccnc23)C[C@H](CSC2CN(CC(C)(C)O)C2)O1. The first-order chi connectivity index (χ1) is 14.3. The first-order valence-electron chi connectivity index (χ1n) is 10.4. The van der Waals surface area contributed by atoms with Crippen LogP contribution in [-0.2, 0) is 4.74 Å². The lowest BCUT2D eigenvalue weighted by atomic mass is 10.1. The highest BCUT2D eigenvalue weighted by molar-refractivity contribution is 8.00. The van der Waals surface area contributed by atoms with Gasteiger partial charge in [0.2, 0.25) is 0 Å². The Bertz CT molecular complexity index is 935. The molecule has 0 spiro atoms. The number of nitriles is 1. The molecule has 2 atom stereocenters. The lowest BCUT2D eigenvalue weighted by Crippen LogP contribution is -2.54. The standard InChI is InChI=1S/C22H29N5O2S/c1-15-9-27(19-5-4-16(8-23)20-21(19)25-7-6-24-20)10-17(29-15)13-30-18-11-26(12-18)14-22(2,3)28/h4-7,15,17-18,28H,9-14H2,1-3H3/t15-,17-/m1/s1. The Kier molecular flexibility index (Phi) is 6.16. The van der Waals surface area contributed by atoms with Crippen LogP contribution in [0.25, 0.3) is 11.0 Å². The molecular formula is C22H29N5O2S. The van der Waals surface area contributed by atoms with Gasteiger partial charge in [0.25, 0.3) is 0 Å². The molecule has 160 valence electrons. The average molecular weight is 428 g/mol. The number of aliphatic hydroxyl groups is 1. The third-order valence-corrected chi connectivity index (χ3v) is 6.78. The fourth-order valence-electron chi connectivity index (χ4n) is 4.27. The molecule has 4 rings (SSSR count). The summed E-state index contributed by atoms with van der Waals surface area (Å²) in [5, 5.41) is 19.9. The Morgan fingerprint density at radius 3 is 2.63 bits per heavy atom. The minimum Gasteiger partial charge on any atom is -0.389 e. The van der Waals surface area contributed by atoms with Crippen molar-refractivity contribution < 1.29 is 9.84 Å². The quantitative estimate of drug-likeness (QED) is 0.752. The second-order valence-corrected chi connectivity index (χ2v) is 10.3.